The highest BCUT2D eigenvalue weighted by molar-refractivity contribution is 6.30. The molecule has 0 unspecified atom stereocenters. The molecule has 25 heavy (non-hydrogen) atoms. The highest BCUT2D eigenvalue weighted by atomic mass is 35.5. The summed E-state index contributed by atoms with van der Waals surface area (Å²) >= 11 is 12.1. The van der Waals surface area contributed by atoms with Gasteiger partial charge in [-0.3, -0.25) is 4.79 Å². The number of hydrogen-bond donors (Lipinski definition) is 0. The van der Waals surface area contributed by atoms with Gasteiger partial charge in [0.1, 0.15) is 10.9 Å². The smallest absolute Gasteiger partial charge is 0.323 e. The molecule has 2 heterocycles. The Kier molecular flexibility index (Phi) is 4.79. The summed E-state index contributed by atoms with van der Waals surface area (Å²) in [5.74, 6) is 0.553. The maximum absolute atomic E-state index is 11.9. The Morgan fingerprint density at radius 2 is 1.80 bits per heavy atom. The predicted octanol–water partition coefficient (Wildman–Crippen LogP) is 4.56. The molecule has 0 bridgehead atoms. The number of rotatable bonds is 3. The highest BCUT2D eigenvalue weighted by Crippen LogP contribution is 2.28. The Hall–Kier alpha value is -2.37. The molecule has 0 amide bonds. The average Bonchev–Trinajstić information content (AvgIpc) is 2.55. The van der Waals surface area contributed by atoms with Gasteiger partial charge in [-0.1, -0.05) is 29.3 Å². The summed E-state index contributed by atoms with van der Waals surface area (Å²) in [7, 11) is 1.69. The number of pyridine rings is 1. The van der Waals surface area contributed by atoms with Crippen molar-refractivity contribution in [1.82, 2.24) is 14.5 Å². The second-order valence-corrected chi connectivity index (χ2v) is 6.52. The fourth-order valence-corrected chi connectivity index (χ4v) is 2.73. The minimum Gasteiger partial charge on any atom is -0.424 e. The molecule has 0 atom stereocenters. The van der Waals surface area contributed by atoms with Crippen molar-refractivity contribution < 1.29 is 4.74 Å². The largest absolute Gasteiger partial charge is 0.424 e. The molecular weight excluding hydrogens is 361 g/mol. The van der Waals surface area contributed by atoms with E-state index in [4.69, 9.17) is 27.9 Å². The summed E-state index contributed by atoms with van der Waals surface area (Å²) in [6, 6.07) is 8.81. The fraction of sp³-hybridized carbons (Fsp3) is 0.167. The zero-order chi connectivity index (χ0) is 18.1. The SMILES string of the molecule is Cc1ccc(Cl)cc1Oc1nc(Cl)cc(-c2cc(C)c(=O)n(C)c2)n1. The van der Waals surface area contributed by atoms with E-state index in [2.05, 4.69) is 9.97 Å². The Morgan fingerprint density at radius 3 is 2.52 bits per heavy atom. The van der Waals surface area contributed by atoms with Crippen molar-refractivity contribution in [3.63, 3.8) is 0 Å². The predicted molar refractivity (Wildman–Crippen MR) is 98.7 cm³/mol. The van der Waals surface area contributed by atoms with E-state index in [-0.39, 0.29) is 16.7 Å². The molecule has 0 aliphatic heterocycles. The van der Waals surface area contributed by atoms with Crippen molar-refractivity contribution in [2.45, 2.75) is 13.8 Å². The van der Waals surface area contributed by atoms with E-state index in [1.807, 2.05) is 13.0 Å². The molecule has 0 saturated heterocycles. The zero-order valence-corrected chi connectivity index (χ0v) is 15.4. The van der Waals surface area contributed by atoms with Gasteiger partial charge in [-0.25, -0.2) is 0 Å². The first-order chi connectivity index (χ1) is 11.8. The van der Waals surface area contributed by atoms with Crippen LogP contribution in [0.5, 0.6) is 11.8 Å². The minimum absolute atomic E-state index is 0.0603. The molecule has 0 N–H and O–H groups in total. The van der Waals surface area contributed by atoms with Crippen LogP contribution in [-0.4, -0.2) is 14.5 Å². The van der Waals surface area contributed by atoms with Gasteiger partial charge in [-0.05, 0) is 37.6 Å². The van der Waals surface area contributed by atoms with E-state index < -0.39 is 0 Å². The van der Waals surface area contributed by atoms with Gasteiger partial charge in [0.05, 0.1) is 5.69 Å². The first kappa shape index (κ1) is 17.5. The van der Waals surface area contributed by atoms with Crippen LogP contribution in [0, 0.1) is 13.8 Å². The number of benzene rings is 1. The lowest BCUT2D eigenvalue weighted by Crippen LogP contribution is -2.18. The Balaban J connectivity index is 2.04. The van der Waals surface area contributed by atoms with Crippen LogP contribution in [0.15, 0.2) is 41.3 Å². The van der Waals surface area contributed by atoms with Gasteiger partial charge in [-0.2, -0.15) is 9.97 Å². The maximum atomic E-state index is 11.9. The van der Waals surface area contributed by atoms with E-state index in [9.17, 15) is 4.79 Å². The zero-order valence-electron chi connectivity index (χ0n) is 13.9. The molecule has 5 nitrogen and oxygen atoms in total. The molecule has 0 radical (unpaired) electrons. The molecule has 3 rings (SSSR count). The van der Waals surface area contributed by atoms with Gasteiger partial charge in [0.25, 0.3) is 5.56 Å². The summed E-state index contributed by atoms with van der Waals surface area (Å²) in [4.78, 5) is 20.4. The van der Waals surface area contributed by atoms with E-state index in [1.165, 1.54) is 4.57 Å². The number of aromatic nitrogens is 3. The standard InChI is InChI=1S/C18H15Cl2N3O2/c1-10-4-5-13(19)7-15(10)25-18-21-14(8-16(20)22-18)12-6-11(2)17(24)23(3)9-12/h4-9H,1-3H3. The molecule has 0 saturated carbocycles. The summed E-state index contributed by atoms with van der Waals surface area (Å²) in [6.45, 7) is 3.65. The van der Waals surface area contributed by atoms with Crippen molar-refractivity contribution in [3.05, 3.63) is 68.2 Å². The third-order valence-electron chi connectivity index (χ3n) is 3.68. The van der Waals surface area contributed by atoms with Crippen LogP contribution in [0.4, 0.5) is 0 Å². The molecule has 0 aliphatic rings. The number of hydrogen-bond acceptors (Lipinski definition) is 4. The average molecular weight is 376 g/mol. The topological polar surface area (TPSA) is 57.0 Å². The summed E-state index contributed by atoms with van der Waals surface area (Å²) < 4.78 is 7.26. The molecule has 128 valence electrons. The van der Waals surface area contributed by atoms with Gasteiger partial charge in [-0.15, -0.1) is 0 Å². The normalized spacial score (nSPS) is 10.8. The van der Waals surface area contributed by atoms with E-state index >= 15 is 0 Å². The van der Waals surface area contributed by atoms with E-state index in [1.54, 1.807) is 44.4 Å². The molecule has 2 aromatic heterocycles. The summed E-state index contributed by atoms with van der Waals surface area (Å²) in [5.41, 5.74) is 2.76. The van der Waals surface area contributed by atoms with Crippen molar-refractivity contribution >= 4 is 23.2 Å². The van der Waals surface area contributed by atoms with Crippen LogP contribution >= 0.6 is 23.2 Å². The lowest BCUT2D eigenvalue weighted by molar-refractivity contribution is 0.439. The highest BCUT2D eigenvalue weighted by Gasteiger charge is 2.11. The number of ether oxygens (including phenoxy) is 1. The van der Waals surface area contributed by atoms with Crippen LogP contribution < -0.4 is 10.3 Å². The van der Waals surface area contributed by atoms with Crippen molar-refractivity contribution in [1.29, 1.82) is 0 Å². The Morgan fingerprint density at radius 1 is 1.04 bits per heavy atom. The summed E-state index contributed by atoms with van der Waals surface area (Å²) in [5, 5.41) is 0.794. The van der Waals surface area contributed by atoms with Gasteiger partial charge < -0.3 is 9.30 Å². The maximum Gasteiger partial charge on any atom is 0.323 e. The van der Waals surface area contributed by atoms with E-state index in [0.717, 1.165) is 11.1 Å². The van der Waals surface area contributed by atoms with E-state index in [0.29, 0.717) is 22.0 Å². The molecule has 1 aromatic carbocycles. The second-order valence-electron chi connectivity index (χ2n) is 5.70. The van der Waals surface area contributed by atoms with Crippen molar-refractivity contribution in [2.75, 3.05) is 0 Å². The number of aryl methyl sites for hydroxylation is 3. The van der Waals surface area contributed by atoms with Gasteiger partial charge in [0.2, 0.25) is 0 Å². The molecule has 0 spiro atoms. The second kappa shape index (κ2) is 6.86. The third-order valence-corrected chi connectivity index (χ3v) is 4.11. The monoisotopic (exact) mass is 375 g/mol. The first-order valence-electron chi connectivity index (χ1n) is 7.50. The van der Waals surface area contributed by atoms with Crippen LogP contribution in [0.3, 0.4) is 0 Å². The van der Waals surface area contributed by atoms with Crippen LogP contribution in [0.1, 0.15) is 11.1 Å². The van der Waals surface area contributed by atoms with Gasteiger partial charge in [0, 0.05) is 35.5 Å². The third kappa shape index (κ3) is 3.83. The summed E-state index contributed by atoms with van der Waals surface area (Å²) in [6.07, 6.45) is 1.70. The lowest BCUT2D eigenvalue weighted by Gasteiger charge is -2.10. The minimum atomic E-state index is -0.0603. The van der Waals surface area contributed by atoms with Crippen molar-refractivity contribution in [3.8, 4) is 23.0 Å². The molecule has 3 aromatic rings. The number of nitrogens with zero attached hydrogens (tertiary/aromatic N) is 3. The van der Waals surface area contributed by atoms with Crippen LogP contribution in [0.2, 0.25) is 10.2 Å². The molecule has 0 aliphatic carbocycles. The first-order valence-corrected chi connectivity index (χ1v) is 8.25. The quantitative estimate of drug-likeness (QED) is 0.629. The van der Waals surface area contributed by atoms with Crippen LogP contribution in [-0.2, 0) is 7.05 Å². The Bertz CT molecular complexity index is 989. The van der Waals surface area contributed by atoms with Crippen molar-refractivity contribution in [2.24, 2.45) is 7.05 Å². The lowest BCUT2D eigenvalue weighted by atomic mass is 10.1. The molecule has 0 fully saturated rings. The van der Waals surface area contributed by atoms with Gasteiger partial charge in [0.15, 0.2) is 0 Å². The Labute approximate surface area is 154 Å². The van der Waals surface area contributed by atoms with Gasteiger partial charge >= 0.3 is 6.01 Å². The van der Waals surface area contributed by atoms with Crippen LogP contribution in [0.25, 0.3) is 11.3 Å². The fourth-order valence-electron chi connectivity index (χ4n) is 2.39. The molecular formula is C18H15Cl2N3O2. The number of halogens is 2. The molecule has 7 heteroatoms.